The number of benzene rings is 11. The number of rotatable bonds is 12. The molecule has 0 aliphatic rings. The fourth-order valence-electron chi connectivity index (χ4n) is 9.36. The summed E-state index contributed by atoms with van der Waals surface area (Å²) in [6.45, 7) is 0. The summed E-state index contributed by atoms with van der Waals surface area (Å²) >= 11 is 3.72. The highest BCUT2D eigenvalue weighted by atomic mass is 32.2. The molecule has 310 valence electrons. The van der Waals surface area contributed by atoms with Gasteiger partial charge in [0.05, 0.1) is 0 Å². The number of hydrogen-bond acceptors (Lipinski definition) is 2. The van der Waals surface area contributed by atoms with E-state index >= 15 is 0 Å². The summed E-state index contributed by atoms with van der Waals surface area (Å²) < 4.78 is 0. The van der Waals surface area contributed by atoms with E-state index in [4.69, 9.17) is 0 Å². The van der Waals surface area contributed by atoms with Gasteiger partial charge in [-0.2, -0.15) is 0 Å². The summed E-state index contributed by atoms with van der Waals surface area (Å²) in [5.41, 5.74) is 7.27. The fourth-order valence-corrected chi connectivity index (χ4v) is 11.1. The second kappa shape index (κ2) is 18.1. The highest BCUT2D eigenvalue weighted by molar-refractivity contribution is 8.14. The molecule has 0 atom stereocenters. The van der Waals surface area contributed by atoms with Crippen LogP contribution in [-0.2, 0) is 12.8 Å². The van der Waals surface area contributed by atoms with Gasteiger partial charge in [0.15, 0.2) is 0 Å². The zero-order chi connectivity index (χ0) is 42.7. The summed E-state index contributed by atoms with van der Waals surface area (Å²) in [6.07, 6.45) is 4.21. The molecule has 0 aliphatic heterocycles. The molecule has 4 N–H and O–H groups in total. The SMILES string of the molecule is c1ccc(NC(=[NH+]c2ccc3ccc4cccc5ccc2c3c45)SCCCc2ccccc2CCCSC(Nc2ccccc2)=[NH+]c2ccc3ccc4cccc5ccc2c3c45)cc1. The van der Waals surface area contributed by atoms with Crippen molar-refractivity contribution in [1.82, 2.24) is 0 Å². The standard InChI is InChI=1S/C58H46N4S2/c1-3-21-47(22-4-1)59-57(61-51-35-31-45-27-25-41-15-9-17-43-29-33-49(51)55(45)53(41)43)63-37-11-19-39-13-7-8-14-40(39)20-12-38-64-58(60-48-23-5-2-6-24-48)62-52-36-32-46-28-26-42-16-10-18-44-30-34-50(52)56(46)54(42)44/h1-10,13-18,21-36H,11-12,19-20,37-38H2,(H,59,61)(H,60,62)/p+2. The maximum absolute atomic E-state index is 3.84. The summed E-state index contributed by atoms with van der Waals surface area (Å²) in [5, 5.41) is 25.0. The quantitative estimate of drug-likeness (QED) is 0.0428. The van der Waals surface area contributed by atoms with E-state index in [1.807, 2.05) is 23.5 Å². The molecule has 0 fully saturated rings. The molecule has 0 saturated carbocycles. The molecule has 64 heavy (non-hydrogen) atoms. The highest BCUT2D eigenvalue weighted by Crippen LogP contribution is 2.38. The number of para-hydroxylation sites is 2. The van der Waals surface area contributed by atoms with E-state index in [9.17, 15) is 0 Å². The molecule has 0 saturated heterocycles. The van der Waals surface area contributed by atoms with Crippen LogP contribution in [0.5, 0.6) is 0 Å². The van der Waals surface area contributed by atoms with Crippen molar-refractivity contribution in [2.75, 3.05) is 22.1 Å². The molecule has 0 bridgehead atoms. The third kappa shape index (κ3) is 8.23. The molecule has 11 aromatic rings. The predicted octanol–water partition coefficient (Wildman–Crippen LogP) is 12.6. The Hall–Kier alpha value is -6.86. The normalized spacial score (nSPS) is 12.4. The Bertz CT molecular complexity index is 3190. The summed E-state index contributed by atoms with van der Waals surface area (Å²) in [6, 6.07) is 70.2. The van der Waals surface area contributed by atoms with Crippen LogP contribution < -0.4 is 20.6 Å². The van der Waals surface area contributed by atoms with Gasteiger partial charge in [-0.05, 0) is 152 Å². The monoisotopic (exact) mass is 864 g/mol. The molecule has 0 amide bonds. The average Bonchev–Trinajstić information content (AvgIpc) is 3.34. The molecule has 6 heteroatoms. The van der Waals surface area contributed by atoms with Gasteiger partial charge in [-0.15, -0.1) is 0 Å². The van der Waals surface area contributed by atoms with E-state index in [0.29, 0.717) is 0 Å². The topological polar surface area (TPSA) is 52.0 Å². The van der Waals surface area contributed by atoms with Crippen molar-refractivity contribution in [3.63, 3.8) is 0 Å². The number of anilines is 2. The molecule has 0 aromatic heterocycles. The van der Waals surface area contributed by atoms with E-state index in [1.54, 1.807) is 0 Å². The molecule has 0 unspecified atom stereocenters. The van der Waals surface area contributed by atoms with Gasteiger partial charge in [0.25, 0.3) is 0 Å². The molecule has 0 aliphatic carbocycles. The summed E-state index contributed by atoms with van der Waals surface area (Å²) in [4.78, 5) is 7.68. The lowest BCUT2D eigenvalue weighted by atomic mass is 9.94. The van der Waals surface area contributed by atoms with E-state index in [1.165, 1.54) is 75.8 Å². The largest absolute Gasteiger partial charge is 0.314 e. The van der Waals surface area contributed by atoms with Gasteiger partial charge in [0.2, 0.25) is 0 Å². The van der Waals surface area contributed by atoms with Gasteiger partial charge in [-0.3, -0.25) is 0 Å². The second-order valence-corrected chi connectivity index (χ2v) is 18.7. The second-order valence-electron chi connectivity index (χ2n) is 16.5. The van der Waals surface area contributed by atoms with Crippen LogP contribution in [-0.4, -0.2) is 21.8 Å². The van der Waals surface area contributed by atoms with Crippen molar-refractivity contribution in [2.45, 2.75) is 25.7 Å². The van der Waals surface area contributed by atoms with Crippen molar-refractivity contribution < 1.29 is 9.98 Å². The maximum Gasteiger partial charge on any atom is 0.314 e. The number of aryl methyl sites for hydroxylation is 2. The summed E-state index contributed by atoms with van der Waals surface area (Å²) in [7, 11) is 0. The molecule has 0 heterocycles. The highest BCUT2D eigenvalue weighted by Gasteiger charge is 2.17. The van der Waals surface area contributed by atoms with Crippen LogP contribution in [0.15, 0.2) is 194 Å². The van der Waals surface area contributed by atoms with Gasteiger partial charge in [0, 0.05) is 33.1 Å². The Morgan fingerprint density at radius 2 is 0.703 bits per heavy atom. The lowest BCUT2D eigenvalue weighted by molar-refractivity contribution is -0.348. The fraction of sp³-hybridized carbons (Fsp3) is 0.103. The molecule has 0 spiro atoms. The van der Waals surface area contributed by atoms with Crippen LogP contribution in [0.1, 0.15) is 24.0 Å². The van der Waals surface area contributed by atoms with Crippen molar-refractivity contribution in [2.24, 2.45) is 0 Å². The minimum atomic E-state index is 0.983. The Labute approximate surface area is 382 Å². The molecule has 0 radical (unpaired) electrons. The molecule has 11 rings (SSSR count). The first-order valence-electron chi connectivity index (χ1n) is 22.3. The van der Waals surface area contributed by atoms with Crippen LogP contribution in [0.25, 0.3) is 64.6 Å². The Morgan fingerprint density at radius 1 is 0.344 bits per heavy atom. The van der Waals surface area contributed by atoms with Gasteiger partial charge in [-0.25, -0.2) is 20.6 Å². The smallest absolute Gasteiger partial charge is 0.235 e. The molecular formula is C58H48N4S2+2. The van der Waals surface area contributed by atoms with Crippen molar-refractivity contribution in [1.29, 1.82) is 0 Å². The first-order valence-corrected chi connectivity index (χ1v) is 24.3. The van der Waals surface area contributed by atoms with Gasteiger partial charge < -0.3 is 0 Å². The molecular weight excluding hydrogens is 817 g/mol. The average molecular weight is 865 g/mol. The first-order chi connectivity index (χ1) is 31.7. The first kappa shape index (κ1) is 40.0. The maximum atomic E-state index is 3.84. The summed E-state index contributed by atoms with van der Waals surface area (Å²) in [5.74, 6) is 1.97. The van der Waals surface area contributed by atoms with E-state index in [0.717, 1.165) is 70.3 Å². The third-order valence-corrected chi connectivity index (χ3v) is 14.4. The lowest BCUT2D eigenvalue weighted by Gasteiger charge is -2.12. The predicted molar refractivity (Wildman–Crippen MR) is 280 cm³/mol. The lowest BCUT2D eigenvalue weighted by Crippen LogP contribution is -2.67. The molecule has 11 aromatic carbocycles. The number of amidine groups is 2. The van der Waals surface area contributed by atoms with Crippen molar-refractivity contribution in [3.05, 3.63) is 205 Å². The van der Waals surface area contributed by atoms with Crippen LogP contribution in [0.3, 0.4) is 0 Å². The van der Waals surface area contributed by atoms with Crippen molar-refractivity contribution >= 4 is 121 Å². The molecule has 4 nitrogen and oxygen atoms in total. The zero-order valence-electron chi connectivity index (χ0n) is 35.5. The van der Waals surface area contributed by atoms with Gasteiger partial charge in [-0.1, -0.05) is 146 Å². The van der Waals surface area contributed by atoms with Crippen LogP contribution in [0.4, 0.5) is 22.7 Å². The van der Waals surface area contributed by atoms with Crippen LogP contribution >= 0.6 is 23.5 Å². The van der Waals surface area contributed by atoms with E-state index < -0.39 is 0 Å². The Balaban J connectivity index is 0.781. The number of hydrogen-bond donors (Lipinski definition) is 4. The third-order valence-electron chi connectivity index (χ3n) is 12.4. The Morgan fingerprint density at radius 3 is 1.12 bits per heavy atom. The minimum Gasteiger partial charge on any atom is -0.235 e. The Kier molecular flexibility index (Phi) is 11.3. The van der Waals surface area contributed by atoms with E-state index in [-0.39, 0.29) is 0 Å². The van der Waals surface area contributed by atoms with Gasteiger partial charge >= 0.3 is 10.3 Å². The number of nitrogens with one attached hydrogen (secondary N) is 4. The van der Waals surface area contributed by atoms with Crippen molar-refractivity contribution in [3.8, 4) is 0 Å². The van der Waals surface area contributed by atoms with E-state index in [2.05, 4.69) is 215 Å². The van der Waals surface area contributed by atoms with Gasteiger partial charge in [0.1, 0.15) is 22.7 Å². The minimum absolute atomic E-state index is 0.983. The zero-order valence-corrected chi connectivity index (χ0v) is 37.2. The number of thioether (sulfide) groups is 2. The van der Waals surface area contributed by atoms with Crippen LogP contribution in [0.2, 0.25) is 0 Å². The van der Waals surface area contributed by atoms with Crippen LogP contribution in [0, 0.1) is 0 Å².